The third-order valence-electron chi connectivity index (χ3n) is 5.66. The first-order valence-corrected chi connectivity index (χ1v) is 10.3. The zero-order chi connectivity index (χ0) is 18.8. The summed E-state index contributed by atoms with van der Waals surface area (Å²) in [7, 11) is 0. The fraction of sp³-hybridized carbons (Fsp3) is 0.269. The maximum atomic E-state index is 4.84. The van der Waals surface area contributed by atoms with Gasteiger partial charge in [-0.25, -0.2) is 0 Å². The number of hydrogen-bond acceptors (Lipinski definition) is 1. The second-order valence-electron chi connectivity index (χ2n) is 7.41. The van der Waals surface area contributed by atoms with Gasteiger partial charge in [0.25, 0.3) is 0 Å². The van der Waals surface area contributed by atoms with E-state index in [0.29, 0.717) is 0 Å². The van der Waals surface area contributed by atoms with Crippen LogP contribution in [-0.2, 0) is 0 Å². The zero-order valence-electron chi connectivity index (χ0n) is 15.9. The van der Waals surface area contributed by atoms with Crippen LogP contribution in [0.5, 0.6) is 0 Å². The van der Waals surface area contributed by atoms with Crippen molar-refractivity contribution in [2.75, 3.05) is 0 Å². The molecule has 27 heavy (non-hydrogen) atoms. The fourth-order valence-electron chi connectivity index (χ4n) is 3.98. The second-order valence-corrected chi connectivity index (χ2v) is 8.01. The van der Waals surface area contributed by atoms with Crippen LogP contribution in [-0.4, -0.2) is 5.25 Å². The monoisotopic (exact) mass is 370 g/mol. The molecule has 0 aromatic carbocycles. The molecule has 0 saturated heterocycles. The lowest BCUT2D eigenvalue weighted by Crippen LogP contribution is -2.08. The van der Waals surface area contributed by atoms with Crippen molar-refractivity contribution in [1.29, 1.82) is 0 Å². The predicted molar refractivity (Wildman–Crippen MR) is 120 cm³/mol. The first-order valence-electron chi connectivity index (χ1n) is 9.83. The molecule has 1 heteroatoms. The molecular weight excluding hydrogens is 344 g/mol. The maximum Gasteiger partial charge on any atom is 0.0303 e. The van der Waals surface area contributed by atoms with Gasteiger partial charge in [-0.15, -0.1) is 5.73 Å². The van der Waals surface area contributed by atoms with Gasteiger partial charge in [0.05, 0.1) is 0 Å². The van der Waals surface area contributed by atoms with Crippen LogP contribution in [0.1, 0.15) is 32.6 Å². The average Bonchev–Trinajstić information content (AvgIpc) is 3.41. The SMILES string of the molecule is C=C/C1=C(/C(C2=CCC2)=C2\CC=CC3=C2C3)C=CC(S)C(/C=C/C)C=C=C1. The Bertz CT molecular complexity index is 946. The summed E-state index contributed by atoms with van der Waals surface area (Å²) in [5.74, 6) is 0.241. The van der Waals surface area contributed by atoms with Gasteiger partial charge in [0.2, 0.25) is 0 Å². The van der Waals surface area contributed by atoms with Crippen LogP contribution in [0.15, 0.2) is 112 Å². The minimum Gasteiger partial charge on any atom is -0.171 e. The molecule has 0 N–H and O–H groups in total. The van der Waals surface area contributed by atoms with Gasteiger partial charge in [-0.3, -0.25) is 0 Å². The van der Waals surface area contributed by atoms with Crippen molar-refractivity contribution >= 4 is 12.6 Å². The van der Waals surface area contributed by atoms with E-state index in [1.165, 1.54) is 34.3 Å². The van der Waals surface area contributed by atoms with Crippen molar-refractivity contribution < 1.29 is 0 Å². The molecule has 4 aliphatic carbocycles. The fourth-order valence-corrected chi connectivity index (χ4v) is 4.25. The Morgan fingerprint density at radius 2 is 2.19 bits per heavy atom. The summed E-state index contributed by atoms with van der Waals surface area (Å²) in [6.45, 7) is 6.15. The third-order valence-corrected chi connectivity index (χ3v) is 6.18. The van der Waals surface area contributed by atoms with Gasteiger partial charge in [0.15, 0.2) is 0 Å². The van der Waals surface area contributed by atoms with E-state index >= 15 is 0 Å². The molecule has 0 heterocycles. The van der Waals surface area contributed by atoms with Crippen molar-refractivity contribution in [2.24, 2.45) is 5.92 Å². The lowest BCUT2D eigenvalue weighted by Gasteiger charge is -2.24. The molecule has 0 aliphatic heterocycles. The average molecular weight is 371 g/mol. The lowest BCUT2D eigenvalue weighted by atomic mass is 9.80. The van der Waals surface area contributed by atoms with E-state index in [-0.39, 0.29) is 11.2 Å². The van der Waals surface area contributed by atoms with E-state index in [4.69, 9.17) is 12.6 Å². The third kappa shape index (κ3) is 3.63. The molecule has 0 spiro atoms. The molecule has 0 saturated carbocycles. The molecule has 136 valence electrons. The van der Waals surface area contributed by atoms with Crippen LogP contribution >= 0.6 is 12.6 Å². The Morgan fingerprint density at radius 3 is 2.89 bits per heavy atom. The molecule has 2 atom stereocenters. The molecule has 4 rings (SSSR count). The van der Waals surface area contributed by atoms with Gasteiger partial charge >= 0.3 is 0 Å². The van der Waals surface area contributed by atoms with Crippen LogP contribution in [0.4, 0.5) is 0 Å². The minimum absolute atomic E-state index is 0.129. The minimum atomic E-state index is 0.129. The molecule has 0 fully saturated rings. The summed E-state index contributed by atoms with van der Waals surface area (Å²) in [6, 6.07) is 0. The van der Waals surface area contributed by atoms with E-state index in [9.17, 15) is 0 Å². The van der Waals surface area contributed by atoms with Gasteiger partial charge in [-0.05, 0) is 83.8 Å². The van der Waals surface area contributed by atoms with E-state index in [1.807, 2.05) is 6.08 Å². The summed E-state index contributed by atoms with van der Waals surface area (Å²) in [5, 5.41) is 0.129. The largest absolute Gasteiger partial charge is 0.171 e. The maximum absolute atomic E-state index is 4.84. The quantitative estimate of drug-likeness (QED) is 0.310. The molecule has 0 amide bonds. The first-order chi connectivity index (χ1) is 13.2. The molecule has 4 aliphatic rings. The van der Waals surface area contributed by atoms with E-state index in [0.717, 1.165) is 24.8 Å². The van der Waals surface area contributed by atoms with E-state index < -0.39 is 0 Å². The Morgan fingerprint density at radius 1 is 1.33 bits per heavy atom. The Kier molecular flexibility index (Phi) is 5.25. The van der Waals surface area contributed by atoms with Crippen LogP contribution in [0, 0.1) is 5.92 Å². The normalized spacial score (nSPS) is 31.1. The molecule has 2 unspecified atom stereocenters. The van der Waals surface area contributed by atoms with Gasteiger partial charge in [-0.2, -0.15) is 12.6 Å². The van der Waals surface area contributed by atoms with Gasteiger partial charge in [-0.1, -0.05) is 55.2 Å². The van der Waals surface area contributed by atoms with Crippen molar-refractivity contribution in [3.05, 3.63) is 112 Å². The van der Waals surface area contributed by atoms with E-state index in [2.05, 4.69) is 73.9 Å². The van der Waals surface area contributed by atoms with Crippen molar-refractivity contribution in [3.63, 3.8) is 0 Å². The standard InChI is InChI=1S/C26H26S/c1-3-8-19-10-5-9-18(4-2)22(15-16-25(19)27)26(20-11-6-12-20)23-14-7-13-21-17-24(21)23/h3-4,7-11,13,15-16,19,25,27H,2,6,12,14,17H2,1H3/b8-3+,16-15?,22-18-,26-23+. The zero-order valence-corrected chi connectivity index (χ0v) is 16.8. The molecular formula is C26H26S. The van der Waals surface area contributed by atoms with Crippen molar-refractivity contribution in [2.45, 2.75) is 37.9 Å². The highest BCUT2D eigenvalue weighted by atomic mass is 32.1. The van der Waals surface area contributed by atoms with E-state index in [1.54, 1.807) is 5.57 Å². The predicted octanol–water partition coefficient (Wildman–Crippen LogP) is 6.92. The molecule has 0 nitrogen and oxygen atoms in total. The Balaban J connectivity index is 1.86. The summed E-state index contributed by atoms with van der Waals surface area (Å²) < 4.78 is 0. The summed E-state index contributed by atoms with van der Waals surface area (Å²) in [5.41, 5.74) is 13.3. The van der Waals surface area contributed by atoms with Crippen LogP contribution in [0.3, 0.4) is 0 Å². The smallest absolute Gasteiger partial charge is 0.0303 e. The molecule has 0 radical (unpaired) electrons. The van der Waals surface area contributed by atoms with Crippen LogP contribution in [0.2, 0.25) is 0 Å². The number of hydrogen-bond donors (Lipinski definition) is 1. The highest BCUT2D eigenvalue weighted by molar-refractivity contribution is 7.81. The van der Waals surface area contributed by atoms with Gasteiger partial charge in [0.1, 0.15) is 0 Å². The second kappa shape index (κ2) is 7.80. The summed E-state index contributed by atoms with van der Waals surface area (Å²) in [6.07, 6.45) is 26.4. The number of allylic oxidation sites excluding steroid dienone is 15. The van der Waals surface area contributed by atoms with Crippen LogP contribution in [0.25, 0.3) is 0 Å². The summed E-state index contributed by atoms with van der Waals surface area (Å²) >= 11 is 4.84. The topological polar surface area (TPSA) is 0 Å². The lowest BCUT2D eigenvalue weighted by molar-refractivity contribution is 0.853. The van der Waals surface area contributed by atoms with Crippen molar-refractivity contribution in [3.8, 4) is 0 Å². The number of thiol groups is 1. The highest BCUT2D eigenvalue weighted by Gasteiger charge is 2.30. The van der Waals surface area contributed by atoms with Gasteiger partial charge in [0, 0.05) is 11.2 Å². The molecule has 0 bridgehead atoms. The number of rotatable bonds is 4. The molecule has 0 aromatic rings. The van der Waals surface area contributed by atoms with Gasteiger partial charge < -0.3 is 0 Å². The molecule has 0 aromatic heterocycles. The summed E-state index contributed by atoms with van der Waals surface area (Å²) in [4.78, 5) is 0. The Labute approximate surface area is 168 Å². The van der Waals surface area contributed by atoms with Crippen LogP contribution < -0.4 is 0 Å². The Hall–Kier alpha value is -2.21. The van der Waals surface area contributed by atoms with Crippen molar-refractivity contribution in [1.82, 2.24) is 0 Å². The first kappa shape index (κ1) is 18.2. The highest BCUT2D eigenvalue weighted by Crippen LogP contribution is 2.48.